The van der Waals surface area contributed by atoms with Crippen LogP contribution in [0.2, 0.25) is 18.1 Å². The van der Waals surface area contributed by atoms with Crippen molar-refractivity contribution in [2.45, 2.75) is 76.4 Å². The third-order valence-corrected chi connectivity index (χ3v) is 10.1. The van der Waals surface area contributed by atoms with Gasteiger partial charge in [0.2, 0.25) is 0 Å². The predicted octanol–water partition coefficient (Wildman–Crippen LogP) is 5.73. The number of nitrogens with zero attached hydrogens (tertiary/aromatic N) is 1. The molecule has 7 heteroatoms. The normalized spacial score (nSPS) is 25.0. The third kappa shape index (κ3) is 4.44. The van der Waals surface area contributed by atoms with Crippen LogP contribution in [0.4, 0.5) is 14.5 Å². The highest BCUT2D eigenvalue weighted by molar-refractivity contribution is 6.74. The summed E-state index contributed by atoms with van der Waals surface area (Å²) in [6.45, 7) is 10.5. The Bertz CT molecular complexity index is 646. The lowest BCUT2D eigenvalue weighted by atomic mass is 9.81. The first-order valence-corrected chi connectivity index (χ1v) is 11.6. The molecule has 0 saturated heterocycles. The van der Waals surface area contributed by atoms with Crippen LogP contribution in [0.1, 0.15) is 51.5 Å². The van der Waals surface area contributed by atoms with Gasteiger partial charge in [-0.05, 0) is 54.9 Å². The first kappa shape index (κ1) is 20.0. The molecule has 0 aromatic heterocycles. The molecule has 0 radical (unpaired) electrons. The van der Waals surface area contributed by atoms with Crippen molar-refractivity contribution >= 4 is 14.0 Å². The fourth-order valence-corrected chi connectivity index (χ4v) is 4.39. The van der Waals surface area contributed by atoms with Gasteiger partial charge in [0.15, 0.2) is 8.32 Å². The molecule has 2 rings (SSSR count). The molecule has 0 N–H and O–H groups in total. The summed E-state index contributed by atoms with van der Waals surface area (Å²) in [5.74, 6) is -0.898. The van der Waals surface area contributed by atoms with Crippen LogP contribution < -0.4 is 0 Å². The van der Waals surface area contributed by atoms with Crippen molar-refractivity contribution < 1.29 is 18.1 Å². The Labute approximate surface area is 148 Å². The molecule has 1 aliphatic carbocycles. The summed E-state index contributed by atoms with van der Waals surface area (Å²) in [6.07, 6.45) is -0.252. The number of hydrogen-bond acceptors (Lipinski definition) is 3. The molecule has 1 saturated carbocycles. The zero-order chi connectivity index (χ0) is 19.0. The lowest BCUT2D eigenvalue weighted by Crippen LogP contribution is -2.47. The van der Waals surface area contributed by atoms with Crippen LogP contribution in [-0.4, -0.2) is 25.5 Å². The molecule has 140 valence electrons. The second kappa shape index (κ2) is 7.11. The average Bonchev–Trinajstić information content (AvgIpc) is 2.48. The van der Waals surface area contributed by atoms with Crippen LogP contribution in [0, 0.1) is 15.9 Å². The lowest BCUT2D eigenvalue weighted by molar-refractivity contribution is -0.385. The SMILES string of the molecule is CC(C)(C)[Si](C)(C)OC1CCC(c2ccc([N+](=O)[O-])cc2F)CC1F. The van der Waals surface area contributed by atoms with E-state index < -0.39 is 31.3 Å². The largest absolute Gasteiger partial charge is 0.411 e. The fourth-order valence-electron chi connectivity index (χ4n) is 3.02. The predicted molar refractivity (Wildman–Crippen MR) is 96.6 cm³/mol. The highest BCUT2D eigenvalue weighted by Crippen LogP contribution is 2.42. The Balaban J connectivity index is 2.08. The van der Waals surface area contributed by atoms with E-state index in [4.69, 9.17) is 4.43 Å². The lowest BCUT2D eigenvalue weighted by Gasteiger charge is -2.42. The smallest absolute Gasteiger partial charge is 0.272 e. The van der Waals surface area contributed by atoms with E-state index in [1.807, 2.05) is 0 Å². The fraction of sp³-hybridized carbons (Fsp3) is 0.667. The summed E-state index contributed by atoms with van der Waals surface area (Å²) < 4.78 is 35.1. The van der Waals surface area contributed by atoms with Crippen LogP contribution in [0.5, 0.6) is 0 Å². The Morgan fingerprint density at radius 2 is 1.92 bits per heavy atom. The number of benzene rings is 1. The van der Waals surface area contributed by atoms with E-state index >= 15 is 0 Å². The first-order valence-electron chi connectivity index (χ1n) is 8.68. The highest BCUT2D eigenvalue weighted by Gasteiger charge is 2.42. The van der Waals surface area contributed by atoms with Gasteiger partial charge in [-0.3, -0.25) is 10.1 Å². The molecule has 1 aromatic carbocycles. The molecule has 3 unspecified atom stereocenters. The monoisotopic (exact) mass is 371 g/mol. The molecule has 25 heavy (non-hydrogen) atoms. The van der Waals surface area contributed by atoms with Crippen LogP contribution >= 0.6 is 0 Å². The van der Waals surface area contributed by atoms with E-state index in [1.165, 1.54) is 12.1 Å². The minimum atomic E-state index is -2.06. The Morgan fingerprint density at radius 1 is 1.28 bits per heavy atom. The zero-order valence-corrected chi connectivity index (χ0v) is 16.5. The average molecular weight is 372 g/mol. The van der Waals surface area contributed by atoms with Crippen LogP contribution in [0.25, 0.3) is 0 Å². The van der Waals surface area contributed by atoms with Gasteiger partial charge in [0, 0.05) is 6.07 Å². The van der Waals surface area contributed by atoms with Crippen molar-refractivity contribution in [2.75, 3.05) is 0 Å². The number of rotatable bonds is 4. The first-order chi connectivity index (χ1) is 11.4. The molecule has 4 nitrogen and oxygen atoms in total. The maximum Gasteiger partial charge on any atom is 0.272 e. The molecular formula is C18H27F2NO3Si. The maximum atomic E-state index is 14.7. The minimum absolute atomic E-state index is 0.00798. The highest BCUT2D eigenvalue weighted by atomic mass is 28.4. The van der Waals surface area contributed by atoms with E-state index in [0.29, 0.717) is 18.4 Å². The minimum Gasteiger partial charge on any atom is -0.411 e. The Hall–Kier alpha value is -1.34. The maximum absolute atomic E-state index is 14.7. The van der Waals surface area contributed by atoms with Crippen molar-refractivity contribution in [3.63, 3.8) is 0 Å². The van der Waals surface area contributed by atoms with Gasteiger partial charge in [0.1, 0.15) is 12.0 Å². The molecule has 1 aromatic rings. The van der Waals surface area contributed by atoms with E-state index in [0.717, 1.165) is 6.07 Å². The molecule has 0 bridgehead atoms. The quantitative estimate of drug-likeness (QED) is 0.386. The summed E-state index contributed by atoms with van der Waals surface area (Å²) in [6, 6.07) is 3.62. The number of hydrogen-bond donors (Lipinski definition) is 0. The van der Waals surface area contributed by atoms with Gasteiger partial charge in [-0.25, -0.2) is 8.78 Å². The van der Waals surface area contributed by atoms with Gasteiger partial charge < -0.3 is 4.43 Å². The van der Waals surface area contributed by atoms with Gasteiger partial charge in [-0.1, -0.05) is 20.8 Å². The van der Waals surface area contributed by atoms with Gasteiger partial charge in [-0.2, -0.15) is 0 Å². The number of nitro groups is 1. The van der Waals surface area contributed by atoms with Gasteiger partial charge in [-0.15, -0.1) is 0 Å². The standard InChI is InChI=1S/C18H27F2NO3Si/c1-18(2,3)25(4,5)24-17-9-6-12(10-16(17)20)14-8-7-13(21(22)23)11-15(14)19/h7-8,11-12,16-17H,6,9-10H2,1-5H3. The van der Waals surface area contributed by atoms with E-state index in [2.05, 4.69) is 33.9 Å². The second-order valence-electron chi connectivity index (χ2n) is 8.41. The molecule has 0 heterocycles. The van der Waals surface area contributed by atoms with Crippen LogP contribution in [0.15, 0.2) is 18.2 Å². The van der Waals surface area contributed by atoms with Gasteiger partial charge in [0.05, 0.1) is 17.1 Å². The zero-order valence-electron chi connectivity index (χ0n) is 15.5. The molecule has 1 aliphatic rings. The second-order valence-corrected chi connectivity index (χ2v) is 13.2. The van der Waals surface area contributed by atoms with Crippen molar-refractivity contribution in [3.05, 3.63) is 39.7 Å². The van der Waals surface area contributed by atoms with Crippen LogP contribution in [0.3, 0.4) is 0 Å². The summed E-state index contributed by atoms with van der Waals surface area (Å²) in [4.78, 5) is 10.1. The summed E-state index contributed by atoms with van der Waals surface area (Å²) in [5.41, 5.74) is 0.0759. The molecule has 1 fully saturated rings. The topological polar surface area (TPSA) is 52.4 Å². The molecule has 0 aliphatic heterocycles. The van der Waals surface area contributed by atoms with Gasteiger partial charge >= 0.3 is 0 Å². The third-order valence-electron chi connectivity index (χ3n) is 5.60. The molecular weight excluding hydrogens is 344 g/mol. The number of alkyl halides is 1. The van der Waals surface area contributed by atoms with Crippen molar-refractivity contribution in [3.8, 4) is 0 Å². The number of halogens is 2. The van der Waals surface area contributed by atoms with Crippen molar-refractivity contribution in [2.24, 2.45) is 0 Å². The van der Waals surface area contributed by atoms with E-state index in [-0.39, 0.29) is 23.1 Å². The van der Waals surface area contributed by atoms with E-state index in [1.54, 1.807) is 0 Å². The molecule has 0 spiro atoms. The number of nitro benzene ring substituents is 1. The summed E-state index contributed by atoms with van der Waals surface area (Å²) in [7, 11) is -2.06. The van der Waals surface area contributed by atoms with E-state index in [9.17, 15) is 18.9 Å². The Kier molecular flexibility index (Phi) is 5.68. The number of non-ortho nitro benzene ring substituents is 1. The van der Waals surface area contributed by atoms with Crippen molar-refractivity contribution in [1.29, 1.82) is 0 Å². The Morgan fingerprint density at radius 3 is 2.40 bits per heavy atom. The van der Waals surface area contributed by atoms with Crippen LogP contribution in [-0.2, 0) is 4.43 Å². The van der Waals surface area contributed by atoms with Gasteiger partial charge in [0.25, 0.3) is 5.69 Å². The molecule has 3 atom stereocenters. The summed E-state index contributed by atoms with van der Waals surface area (Å²) >= 11 is 0. The molecule has 0 amide bonds. The summed E-state index contributed by atoms with van der Waals surface area (Å²) in [5, 5.41) is 10.7. The van der Waals surface area contributed by atoms with Crippen molar-refractivity contribution in [1.82, 2.24) is 0 Å².